The summed E-state index contributed by atoms with van der Waals surface area (Å²) in [6, 6.07) is 12.6. The highest BCUT2D eigenvalue weighted by atomic mass is 16.1. The molecule has 0 bridgehead atoms. The van der Waals surface area contributed by atoms with E-state index in [0.717, 1.165) is 11.1 Å². The Kier molecular flexibility index (Phi) is 1.93. The standard InChI is InChI=1S/C15H12O/c1-10-6-13-7-11-4-2-3-5-12(11)8-14(13)9-15(10)16/h2-8H,9H2,1H3. The molecule has 0 fully saturated rings. The Morgan fingerprint density at radius 1 is 1.06 bits per heavy atom. The van der Waals surface area contributed by atoms with E-state index in [9.17, 15) is 4.79 Å². The quantitative estimate of drug-likeness (QED) is 0.648. The molecule has 0 aromatic heterocycles. The van der Waals surface area contributed by atoms with Crippen molar-refractivity contribution >= 4 is 22.6 Å². The third-order valence-corrected chi connectivity index (χ3v) is 3.17. The molecule has 0 aliphatic heterocycles. The lowest BCUT2D eigenvalue weighted by molar-refractivity contribution is -0.114. The topological polar surface area (TPSA) is 17.1 Å². The lowest BCUT2D eigenvalue weighted by Gasteiger charge is -2.14. The van der Waals surface area contributed by atoms with Gasteiger partial charge in [-0.15, -0.1) is 0 Å². The van der Waals surface area contributed by atoms with Gasteiger partial charge < -0.3 is 0 Å². The van der Waals surface area contributed by atoms with Crippen molar-refractivity contribution in [2.45, 2.75) is 13.3 Å². The van der Waals surface area contributed by atoms with Crippen LogP contribution in [0.25, 0.3) is 16.8 Å². The molecule has 0 saturated heterocycles. The first kappa shape index (κ1) is 9.34. The Balaban J connectivity index is 2.30. The van der Waals surface area contributed by atoms with Crippen LogP contribution < -0.4 is 0 Å². The highest BCUT2D eigenvalue weighted by Gasteiger charge is 2.15. The first-order valence-corrected chi connectivity index (χ1v) is 5.47. The molecule has 0 spiro atoms. The summed E-state index contributed by atoms with van der Waals surface area (Å²) in [6.07, 6.45) is 2.54. The average Bonchev–Trinajstić information content (AvgIpc) is 2.28. The van der Waals surface area contributed by atoms with Crippen molar-refractivity contribution in [1.82, 2.24) is 0 Å². The zero-order valence-corrected chi connectivity index (χ0v) is 9.16. The second-order valence-corrected chi connectivity index (χ2v) is 4.33. The van der Waals surface area contributed by atoms with Crippen LogP contribution in [0.4, 0.5) is 0 Å². The van der Waals surface area contributed by atoms with Crippen molar-refractivity contribution in [3.8, 4) is 0 Å². The molecular weight excluding hydrogens is 196 g/mol. The van der Waals surface area contributed by atoms with Crippen molar-refractivity contribution in [1.29, 1.82) is 0 Å². The molecule has 78 valence electrons. The number of Topliss-reactive ketones (excluding diaryl/α,β-unsaturated/α-hetero) is 1. The van der Waals surface area contributed by atoms with Gasteiger partial charge in [0.2, 0.25) is 0 Å². The molecule has 2 aromatic rings. The molecule has 0 unspecified atom stereocenters. The summed E-state index contributed by atoms with van der Waals surface area (Å²) in [4.78, 5) is 11.6. The van der Waals surface area contributed by atoms with Gasteiger partial charge >= 0.3 is 0 Å². The van der Waals surface area contributed by atoms with Crippen molar-refractivity contribution in [2.75, 3.05) is 0 Å². The fourth-order valence-corrected chi connectivity index (χ4v) is 2.22. The van der Waals surface area contributed by atoms with Gasteiger partial charge in [0.05, 0.1) is 0 Å². The van der Waals surface area contributed by atoms with Crippen LogP contribution in [0.3, 0.4) is 0 Å². The average molecular weight is 208 g/mol. The summed E-state index contributed by atoms with van der Waals surface area (Å²) >= 11 is 0. The van der Waals surface area contributed by atoms with E-state index in [2.05, 4.69) is 24.3 Å². The van der Waals surface area contributed by atoms with E-state index in [1.54, 1.807) is 0 Å². The summed E-state index contributed by atoms with van der Waals surface area (Å²) in [5.41, 5.74) is 3.20. The molecule has 0 heterocycles. The van der Waals surface area contributed by atoms with Gasteiger partial charge in [0.25, 0.3) is 0 Å². The van der Waals surface area contributed by atoms with Crippen molar-refractivity contribution in [3.63, 3.8) is 0 Å². The zero-order valence-electron chi connectivity index (χ0n) is 9.16. The molecule has 0 saturated carbocycles. The van der Waals surface area contributed by atoms with Gasteiger partial charge in [-0.2, -0.15) is 0 Å². The van der Waals surface area contributed by atoms with E-state index in [4.69, 9.17) is 0 Å². The Hall–Kier alpha value is -1.89. The minimum atomic E-state index is 0.239. The monoisotopic (exact) mass is 208 g/mol. The number of carbonyl (C=O) groups is 1. The molecule has 0 radical (unpaired) electrons. The van der Waals surface area contributed by atoms with Crippen molar-refractivity contribution < 1.29 is 4.79 Å². The van der Waals surface area contributed by atoms with E-state index in [1.165, 1.54) is 16.3 Å². The molecule has 0 amide bonds. The van der Waals surface area contributed by atoms with E-state index < -0.39 is 0 Å². The van der Waals surface area contributed by atoms with Crippen LogP contribution in [-0.4, -0.2) is 5.78 Å². The van der Waals surface area contributed by atoms with Crippen molar-refractivity contribution in [2.24, 2.45) is 0 Å². The molecule has 0 atom stereocenters. The molecule has 1 aliphatic carbocycles. The number of allylic oxidation sites excluding steroid dienone is 1. The molecule has 1 aliphatic rings. The summed E-state index contributed by atoms with van der Waals surface area (Å²) in [5.74, 6) is 0.239. The number of ketones is 1. The Bertz CT molecular complexity index is 620. The number of hydrogen-bond acceptors (Lipinski definition) is 1. The summed E-state index contributed by atoms with van der Waals surface area (Å²) in [6.45, 7) is 1.89. The van der Waals surface area contributed by atoms with E-state index in [0.29, 0.717) is 6.42 Å². The maximum absolute atomic E-state index is 11.6. The summed E-state index contributed by atoms with van der Waals surface area (Å²) < 4.78 is 0. The molecular formula is C15H12O. The van der Waals surface area contributed by atoms with E-state index in [1.807, 2.05) is 25.1 Å². The fourth-order valence-electron chi connectivity index (χ4n) is 2.22. The number of fused-ring (bicyclic) bond motifs is 2. The van der Waals surface area contributed by atoms with E-state index in [-0.39, 0.29) is 5.78 Å². The first-order chi connectivity index (χ1) is 7.74. The van der Waals surface area contributed by atoms with Gasteiger partial charge in [-0.25, -0.2) is 0 Å². The van der Waals surface area contributed by atoms with Gasteiger partial charge in [-0.05, 0) is 46.5 Å². The third kappa shape index (κ3) is 1.36. The maximum atomic E-state index is 11.6. The highest BCUT2D eigenvalue weighted by molar-refractivity contribution is 6.04. The minimum absolute atomic E-state index is 0.239. The molecule has 3 rings (SSSR count). The fraction of sp³-hybridized carbons (Fsp3) is 0.133. The minimum Gasteiger partial charge on any atom is -0.294 e. The van der Waals surface area contributed by atoms with Crippen LogP contribution in [0.2, 0.25) is 0 Å². The maximum Gasteiger partial charge on any atom is 0.162 e. The summed E-state index contributed by atoms with van der Waals surface area (Å²) in [7, 11) is 0. The second-order valence-electron chi connectivity index (χ2n) is 4.33. The first-order valence-electron chi connectivity index (χ1n) is 5.47. The van der Waals surface area contributed by atoms with Crippen LogP contribution in [0.1, 0.15) is 18.1 Å². The largest absolute Gasteiger partial charge is 0.294 e. The Morgan fingerprint density at radius 2 is 1.75 bits per heavy atom. The van der Waals surface area contributed by atoms with Crippen LogP contribution >= 0.6 is 0 Å². The Labute approximate surface area is 94.4 Å². The SMILES string of the molecule is CC1=Cc2cc3ccccc3cc2CC1=O. The smallest absolute Gasteiger partial charge is 0.162 e. The lowest BCUT2D eigenvalue weighted by atomic mass is 9.90. The van der Waals surface area contributed by atoms with E-state index >= 15 is 0 Å². The Morgan fingerprint density at radius 3 is 2.50 bits per heavy atom. The number of rotatable bonds is 0. The van der Waals surface area contributed by atoms with Crippen LogP contribution in [0, 0.1) is 0 Å². The second kappa shape index (κ2) is 3.31. The zero-order chi connectivity index (χ0) is 11.1. The predicted molar refractivity (Wildman–Crippen MR) is 66.3 cm³/mol. The molecule has 1 nitrogen and oxygen atoms in total. The molecule has 1 heteroatoms. The molecule has 16 heavy (non-hydrogen) atoms. The van der Waals surface area contributed by atoms with Gasteiger partial charge in [0.15, 0.2) is 5.78 Å². The normalized spacial score (nSPS) is 14.8. The van der Waals surface area contributed by atoms with Gasteiger partial charge in [-0.1, -0.05) is 30.3 Å². The molecule has 2 aromatic carbocycles. The van der Waals surface area contributed by atoms with Crippen molar-refractivity contribution in [3.05, 3.63) is 53.1 Å². The van der Waals surface area contributed by atoms with Crippen LogP contribution in [-0.2, 0) is 11.2 Å². The lowest BCUT2D eigenvalue weighted by Crippen LogP contribution is -2.10. The van der Waals surface area contributed by atoms with Crippen LogP contribution in [0.15, 0.2) is 42.0 Å². The summed E-state index contributed by atoms with van der Waals surface area (Å²) in [5, 5.41) is 2.45. The number of hydrogen-bond donors (Lipinski definition) is 0. The third-order valence-electron chi connectivity index (χ3n) is 3.17. The van der Waals surface area contributed by atoms with Gasteiger partial charge in [-0.3, -0.25) is 4.79 Å². The number of carbonyl (C=O) groups excluding carboxylic acids is 1. The number of benzene rings is 2. The van der Waals surface area contributed by atoms with Gasteiger partial charge in [0, 0.05) is 6.42 Å². The molecule has 0 N–H and O–H groups in total. The highest BCUT2D eigenvalue weighted by Crippen LogP contribution is 2.26. The van der Waals surface area contributed by atoms with Crippen LogP contribution in [0.5, 0.6) is 0 Å². The van der Waals surface area contributed by atoms with Gasteiger partial charge in [0.1, 0.15) is 0 Å². The predicted octanol–water partition coefficient (Wildman–Crippen LogP) is 3.37.